The van der Waals surface area contributed by atoms with E-state index in [0.717, 1.165) is 6.54 Å². The molecule has 0 bridgehead atoms. The van der Waals surface area contributed by atoms with E-state index in [1.807, 2.05) is 29.8 Å². The van der Waals surface area contributed by atoms with Crippen LogP contribution in [0.5, 0.6) is 0 Å². The number of pyridine rings is 1. The number of hydrogen-bond donors (Lipinski definition) is 1. The molecule has 0 aromatic carbocycles. The van der Waals surface area contributed by atoms with Gasteiger partial charge in [0.25, 0.3) is 0 Å². The van der Waals surface area contributed by atoms with Crippen LogP contribution in [0.15, 0.2) is 36.7 Å². The highest BCUT2D eigenvalue weighted by atomic mass is 32.1. The van der Waals surface area contributed by atoms with E-state index in [1.54, 1.807) is 0 Å². The van der Waals surface area contributed by atoms with Gasteiger partial charge >= 0.3 is 0 Å². The van der Waals surface area contributed by atoms with Crippen molar-refractivity contribution >= 4 is 11.3 Å². The minimum Gasteiger partial charge on any atom is -0.310 e. The molecule has 0 aliphatic rings. The zero-order chi connectivity index (χ0) is 12.8. The van der Waals surface area contributed by atoms with Crippen molar-refractivity contribution in [3.05, 3.63) is 41.5 Å². The van der Waals surface area contributed by atoms with Gasteiger partial charge in [-0.2, -0.15) is 0 Å². The Morgan fingerprint density at radius 2 is 2.17 bits per heavy atom. The first-order chi connectivity index (χ1) is 8.85. The Labute approximate surface area is 113 Å². The van der Waals surface area contributed by atoms with Crippen molar-refractivity contribution in [3.63, 3.8) is 0 Å². The Kier molecular flexibility index (Phi) is 4.90. The van der Waals surface area contributed by atoms with Gasteiger partial charge in [0.15, 0.2) is 0 Å². The molecule has 2 aromatic rings. The maximum atomic E-state index is 4.18. The topological polar surface area (TPSA) is 24.9 Å². The quantitative estimate of drug-likeness (QED) is 0.839. The van der Waals surface area contributed by atoms with E-state index >= 15 is 0 Å². The summed E-state index contributed by atoms with van der Waals surface area (Å²) in [6.07, 6.45) is 6.15. The van der Waals surface area contributed by atoms with Crippen LogP contribution in [-0.2, 0) is 0 Å². The molecule has 0 fully saturated rings. The first-order valence-corrected chi connectivity index (χ1v) is 7.40. The fourth-order valence-electron chi connectivity index (χ4n) is 2.08. The van der Waals surface area contributed by atoms with Gasteiger partial charge in [0.05, 0.1) is 0 Å². The van der Waals surface area contributed by atoms with Crippen LogP contribution in [0, 0.1) is 0 Å². The number of nitrogens with one attached hydrogen (secondary N) is 1. The van der Waals surface area contributed by atoms with Crippen LogP contribution in [-0.4, -0.2) is 11.5 Å². The Bertz CT molecular complexity index is 458. The molecule has 0 spiro atoms. The molecular formula is C15H20N2S. The smallest absolute Gasteiger partial charge is 0.0414 e. The Balaban J connectivity index is 2.18. The molecule has 0 radical (unpaired) electrons. The van der Waals surface area contributed by atoms with Gasteiger partial charge in [-0.1, -0.05) is 26.3 Å². The summed E-state index contributed by atoms with van der Waals surface area (Å²) < 4.78 is 0. The first kappa shape index (κ1) is 13.2. The summed E-state index contributed by atoms with van der Waals surface area (Å²) in [4.78, 5) is 6.91. The van der Waals surface area contributed by atoms with Gasteiger partial charge in [0, 0.05) is 33.8 Å². The fraction of sp³-hybridized carbons (Fsp3) is 0.400. The molecule has 0 saturated carbocycles. The largest absolute Gasteiger partial charge is 0.310 e. The van der Waals surface area contributed by atoms with E-state index in [2.05, 4.69) is 42.3 Å². The molecule has 0 aliphatic heterocycles. The third kappa shape index (κ3) is 3.18. The van der Waals surface area contributed by atoms with Crippen molar-refractivity contribution in [1.29, 1.82) is 0 Å². The fourth-order valence-corrected chi connectivity index (χ4v) is 3.19. The maximum Gasteiger partial charge on any atom is 0.0414 e. The SMILES string of the molecule is CCCC(NCC)c1ccc(-c2cccnc2)s1. The van der Waals surface area contributed by atoms with E-state index in [0.29, 0.717) is 6.04 Å². The Morgan fingerprint density at radius 3 is 2.83 bits per heavy atom. The van der Waals surface area contributed by atoms with E-state index in [1.165, 1.54) is 28.2 Å². The predicted molar refractivity (Wildman–Crippen MR) is 78.9 cm³/mol. The third-order valence-corrected chi connectivity index (χ3v) is 4.19. The van der Waals surface area contributed by atoms with E-state index < -0.39 is 0 Å². The van der Waals surface area contributed by atoms with E-state index in [4.69, 9.17) is 0 Å². The first-order valence-electron chi connectivity index (χ1n) is 6.58. The molecule has 1 N–H and O–H groups in total. The monoisotopic (exact) mass is 260 g/mol. The molecule has 2 nitrogen and oxygen atoms in total. The molecule has 2 heterocycles. The van der Waals surface area contributed by atoms with Crippen LogP contribution in [0.1, 0.15) is 37.6 Å². The van der Waals surface area contributed by atoms with Crippen LogP contribution in [0.2, 0.25) is 0 Å². The van der Waals surface area contributed by atoms with Crippen LogP contribution >= 0.6 is 11.3 Å². The van der Waals surface area contributed by atoms with Gasteiger partial charge in [-0.3, -0.25) is 4.98 Å². The van der Waals surface area contributed by atoms with Crippen molar-refractivity contribution in [2.24, 2.45) is 0 Å². The zero-order valence-electron chi connectivity index (χ0n) is 11.0. The van der Waals surface area contributed by atoms with Crippen molar-refractivity contribution in [3.8, 4) is 10.4 Å². The zero-order valence-corrected chi connectivity index (χ0v) is 11.8. The number of rotatable bonds is 6. The second kappa shape index (κ2) is 6.66. The van der Waals surface area contributed by atoms with Gasteiger partial charge in [0.1, 0.15) is 0 Å². The minimum absolute atomic E-state index is 0.496. The number of aromatic nitrogens is 1. The van der Waals surface area contributed by atoms with Crippen molar-refractivity contribution in [2.75, 3.05) is 6.54 Å². The third-order valence-electron chi connectivity index (χ3n) is 2.94. The van der Waals surface area contributed by atoms with Gasteiger partial charge < -0.3 is 5.32 Å². The normalized spacial score (nSPS) is 12.6. The van der Waals surface area contributed by atoms with Crippen LogP contribution in [0.25, 0.3) is 10.4 Å². The standard InChI is InChI=1S/C15H20N2S/c1-3-6-13(17-4-2)15-9-8-14(18-15)12-7-5-10-16-11-12/h5,7-11,13,17H,3-4,6H2,1-2H3. The average molecular weight is 260 g/mol. The summed E-state index contributed by atoms with van der Waals surface area (Å²) >= 11 is 1.87. The molecule has 18 heavy (non-hydrogen) atoms. The highest BCUT2D eigenvalue weighted by Crippen LogP contribution is 2.32. The second-order valence-electron chi connectivity index (χ2n) is 4.34. The Morgan fingerprint density at radius 1 is 1.28 bits per heavy atom. The van der Waals surface area contributed by atoms with E-state index in [9.17, 15) is 0 Å². The van der Waals surface area contributed by atoms with Crippen LogP contribution < -0.4 is 5.32 Å². The summed E-state index contributed by atoms with van der Waals surface area (Å²) in [5, 5.41) is 3.56. The minimum atomic E-state index is 0.496. The molecule has 0 aliphatic carbocycles. The van der Waals surface area contributed by atoms with Crippen molar-refractivity contribution in [2.45, 2.75) is 32.7 Å². The van der Waals surface area contributed by atoms with E-state index in [-0.39, 0.29) is 0 Å². The van der Waals surface area contributed by atoms with Gasteiger partial charge in [0.2, 0.25) is 0 Å². The number of thiophene rings is 1. The molecule has 2 rings (SSSR count). The van der Waals surface area contributed by atoms with Crippen molar-refractivity contribution < 1.29 is 0 Å². The molecule has 0 saturated heterocycles. The Hall–Kier alpha value is -1.19. The average Bonchev–Trinajstić information content (AvgIpc) is 2.89. The van der Waals surface area contributed by atoms with Crippen LogP contribution in [0.4, 0.5) is 0 Å². The lowest BCUT2D eigenvalue weighted by Crippen LogP contribution is -2.19. The summed E-state index contributed by atoms with van der Waals surface area (Å²) in [6.45, 7) is 5.42. The summed E-state index contributed by atoms with van der Waals surface area (Å²) in [5.41, 5.74) is 1.21. The molecule has 2 aromatic heterocycles. The molecule has 1 unspecified atom stereocenters. The molecular weight excluding hydrogens is 240 g/mol. The molecule has 3 heteroatoms. The summed E-state index contributed by atoms with van der Waals surface area (Å²) in [5.74, 6) is 0. The highest BCUT2D eigenvalue weighted by Gasteiger charge is 2.12. The maximum absolute atomic E-state index is 4.18. The van der Waals surface area contributed by atoms with Crippen LogP contribution in [0.3, 0.4) is 0 Å². The highest BCUT2D eigenvalue weighted by molar-refractivity contribution is 7.15. The van der Waals surface area contributed by atoms with Gasteiger partial charge in [-0.25, -0.2) is 0 Å². The number of hydrogen-bond acceptors (Lipinski definition) is 3. The lowest BCUT2D eigenvalue weighted by atomic mass is 10.1. The van der Waals surface area contributed by atoms with Gasteiger partial charge in [-0.15, -0.1) is 11.3 Å². The molecule has 0 amide bonds. The summed E-state index contributed by atoms with van der Waals surface area (Å²) in [6, 6.07) is 9.05. The lowest BCUT2D eigenvalue weighted by Gasteiger charge is -2.14. The molecule has 1 atom stereocenters. The summed E-state index contributed by atoms with van der Waals surface area (Å²) in [7, 11) is 0. The second-order valence-corrected chi connectivity index (χ2v) is 5.46. The lowest BCUT2D eigenvalue weighted by molar-refractivity contribution is 0.516. The predicted octanol–water partition coefficient (Wildman–Crippen LogP) is 4.26. The number of nitrogens with zero attached hydrogens (tertiary/aromatic N) is 1. The van der Waals surface area contributed by atoms with Crippen molar-refractivity contribution in [1.82, 2.24) is 10.3 Å². The van der Waals surface area contributed by atoms with Gasteiger partial charge in [-0.05, 0) is 31.2 Å². The molecule has 96 valence electrons.